The van der Waals surface area contributed by atoms with E-state index in [-0.39, 0.29) is 29.0 Å². The van der Waals surface area contributed by atoms with Crippen LogP contribution >= 0.6 is 11.6 Å². The first-order valence-electron chi connectivity index (χ1n) is 10.7. The maximum atomic E-state index is 12.4. The molecule has 1 saturated heterocycles. The van der Waals surface area contributed by atoms with E-state index in [0.717, 1.165) is 41.8 Å². The van der Waals surface area contributed by atoms with Gasteiger partial charge in [-0.1, -0.05) is 29.8 Å². The average molecular weight is 493 g/mol. The van der Waals surface area contributed by atoms with E-state index in [1.165, 1.54) is 43.9 Å². The summed E-state index contributed by atoms with van der Waals surface area (Å²) < 4.78 is 25.6. The molecule has 1 heterocycles. The Morgan fingerprint density at radius 2 is 1.76 bits per heavy atom. The lowest BCUT2D eigenvalue weighted by molar-refractivity contribution is -0.121. The number of hydrogen-bond acceptors (Lipinski definition) is 5. The van der Waals surface area contributed by atoms with Gasteiger partial charge in [-0.25, -0.2) is 12.7 Å². The molecule has 3 rings (SSSR count). The van der Waals surface area contributed by atoms with Crippen molar-refractivity contribution in [3.8, 4) is 0 Å². The van der Waals surface area contributed by atoms with Crippen LogP contribution in [-0.4, -0.2) is 69.2 Å². The highest BCUT2D eigenvalue weighted by Crippen LogP contribution is 2.16. The van der Waals surface area contributed by atoms with Crippen LogP contribution in [0.15, 0.2) is 53.4 Å². The zero-order valence-corrected chi connectivity index (χ0v) is 20.3. The molecule has 2 N–H and O–H groups in total. The van der Waals surface area contributed by atoms with Gasteiger partial charge in [-0.15, -0.1) is 0 Å². The van der Waals surface area contributed by atoms with Gasteiger partial charge in [0.05, 0.1) is 11.4 Å². The molecule has 0 spiro atoms. The number of benzene rings is 2. The van der Waals surface area contributed by atoms with Gasteiger partial charge in [0.1, 0.15) is 0 Å². The largest absolute Gasteiger partial charge is 0.352 e. The Kier molecular flexibility index (Phi) is 8.47. The first kappa shape index (κ1) is 25.2. The predicted octanol–water partition coefficient (Wildman–Crippen LogP) is 2.10. The van der Waals surface area contributed by atoms with Crippen molar-refractivity contribution < 1.29 is 18.0 Å². The SMILES string of the molecule is CN(C)S(=O)(=O)c1cccc(C(=O)NCC(=O)NC2CCN(Cc3ccc(Cl)cc3)CC2)c1. The standard InChI is InChI=1S/C23H29ClN4O4S/c1-27(2)33(31,32)21-5-3-4-18(14-21)23(30)25-15-22(29)26-20-10-12-28(13-11-20)16-17-6-8-19(24)9-7-17/h3-9,14,20H,10-13,15-16H2,1-2H3,(H,25,30)(H,26,29). The van der Waals surface area contributed by atoms with E-state index in [9.17, 15) is 18.0 Å². The van der Waals surface area contributed by atoms with E-state index >= 15 is 0 Å². The zero-order chi connectivity index (χ0) is 24.0. The molecule has 8 nitrogen and oxygen atoms in total. The molecule has 0 aromatic heterocycles. The smallest absolute Gasteiger partial charge is 0.251 e. The van der Waals surface area contributed by atoms with Gasteiger partial charge in [-0.3, -0.25) is 14.5 Å². The monoisotopic (exact) mass is 492 g/mol. The van der Waals surface area contributed by atoms with E-state index < -0.39 is 15.9 Å². The second-order valence-corrected chi connectivity index (χ2v) is 10.8. The number of piperidine rings is 1. The molecule has 0 aliphatic carbocycles. The van der Waals surface area contributed by atoms with Crippen molar-refractivity contribution in [2.24, 2.45) is 0 Å². The van der Waals surface area contributed by atoms with Gasteiger partial charge in [0.25, 0.3) is 5.91 Å². The number of halogens is 1. The Balaban J connectivity index is 1.43. The molecular weight excluding hydrogens is 464 g/mol. The minimum atomic E-state index is -3.65. The summed E-state index contributed by atoms with van der Waals surface area (Å²) >= 11 is 5.93. The first-order valence-corrected chi connectivity index (χ1v) is 12.5. The fraction of sp³-hybridized carbons (Fsp3) is 0.391. The fourth-order valence-corrected chi connectivity index (χ4v) is 4.71. The third kappa shape index (κ3) is 7.01. The zero-order valence-electron chi connectivity index (χ0n) is 18.8. The molecule has 0 unspecified atom stereocenters. The summed E-state index contributed by atoms with van der Waals surface area (Å²) in [6, 6.07) is 13.6. The van der Waals surface area contributed by atoms with E-state index in [2.05, 4.69) is 15.5 Å². The number of rotatable bonds is 8. The van der Waals surface area contributed by atoms with Crippen molar-refractivity contribution in [3.05, 3.63) is 64.7 Å². The molecule has 1 aliphatic heterocycles. The van der Waals surface area contributed by atoms with Crippen molar-refractivity contribution in [1.82, 2.24) is 19.8 Å². The van der Waals surface area contributed by atoms with Crippen LogP contribution in [0.4, 0.5) is 0 Å². The summed E-state index contributed by atoms with van der Waals surface area (Å²) in [5, 5.41) is 6.25. The van der Waals surface area contributed by atoms with Crippen LogP contribution in [0.5, 0.6) is 0 Å². The summed E-state index contributed by atoms with van der Waals surface area (Å²) in [4.78, 5) is 27.1. The van der Waals surface area contributed by atoms with Gasteiger partial charge >= 0.3 is 0 Å². The molecule has 2 aromatic rings. The Hall–Kier alpha value is -2.46. The summed E-state index contributed by atoms with van der Waals surface area (Å²) in [7, 11) is -0.795. The van der Waals surface area contributed by atoms with E-state index in [1.54, 1.807) is 0 Å². The molecule has 178 valence electrons. The van der Waals surface area contributed by atoms with Crippen molar-refractivity contribution >= 4 is 33.4 Å². The van der Waals surface area contributed by atoms with E-state index in [0.29, 0.717) is 0 Å². The molecule has 0 atom stereocenters. The van der Waals surface area contributed by atoms with Gasteiger partial charge in [0.2, 0.25) is 15.9 Å². The van der Waals surface area contributed by atoms with Crippen LogP contribution in [0.1, 0.15) is 28.8 Å². The van der Waals surface area contributed by atoms with Crippen LogP contribution < -0.4 is 10.6 Å². The lowest BCUT2D eigenvalue weighted by Gasteiger charge is -2.32. The van der Waals surface area contributed by atoms with Gasteiger partial charge in [-0.05, 0) is 48.7 Å². The van der Waals surface area contributed by atoms with Gasteiger partial charge in [0, 0.05) is 50.4 Å². The van der Waals surface area contributed by atoms with E-state index in [1.807, 2.05) is 24.3 Å². The Morgan fingerprint density at radius 3 is 2.39 bits per heavy atom. The quantitative estimate of drug-likeness (QED) is 0.588. The fourth-order valence-electron chi connectivity index (χ4n) is 3.63. The van der Waals surface area contributed by atoms with Crippen molar-refractivity contribution in [1.29, 1.82) is 0 Å². The summed E-state index contributed by atoms with van der Waals surface area (Å²) in [5.74, 6) is -0.768. The Labute approximate surface area is 200 Å². The van der Waals surface area contributed by atoms with Crippen LogP contribution in [0.3, 0.4) is 0 Å². The molecule has 1 aliphatic rings. The van der Waals surface area contributed by atoms with E-state index in [4.69, 9.17) is 11.6 Å². The molecule has 0 saturated carbocycles. The molecule has 2 aromatic carbocycles. The normalized spacial score (nSPS) is 15.4. The number of sulfonamides is 1. The number of hydrogen-bond donors (Lipinski definition) is 2. The molecular formula is C23H29ClN4O4S. The lowest BCUT2D eigenvalue weighted by Crippen LogP contribution is -2.47. The molecule has 2 amide bonds. The summed E-state index contributed by atoms with van der Waals surface area (Å²) in [6.45, 7) is 2.41. The topological polar surface area (TPSA) is 98.8 Å². The van der Waals surface area contributed by atoms with Crippen molar-refractivity contribution in [2.75, 3.05) is 33.7 Å². The van der Waals surface area contributed by atoms with Crippen molar-refractivity contribution in [2.45, 2.75) is 30.3 Å². The van der Waals surface area contributed by atoms with Gasteiger partial charge < -0.3 is 10.6 Å². The van der Waals surface area contributed by atoms with Crippen LogP contribution in [0.2, 0.25) is 5.02 Å². The maximum absolute atomic E-state index is 12.4. The second kappa shape index (κ2) is 11.1. The van der Waals surface area contributed by atoms with Crippen molar-refractivity contribution in [3.63, 3.8) is 0 Å². The molecule has 33 heavy (non-hydrogen) atoms. The Bertz CT molecular complexity index is 1080. The third-order valence-corrected chi connectivity index (χ3v) is 7.62. The summed E-state index contributed by atoms with van der Waals surface area (Å²) in [6.07, 6.45) is 1.66. The van der Waals surface area contributed by atoms with Crippen LogP contribution in [0.25, 0.3) is 0 Å². The highest BCUT2D eigenvalue weighted by atomic mass is 35.5. The lowest BCUT2D eigenvalue weighted by atomic mass is 10.0. The average Bonchev–Trinajstić information content (AvgIpc) is 2.80. The van der Waals surface area contributed by atoms with Crippen LogP contribution in [-0.2, 0) is 21.4 Å². The minimum Gasteiger partial charge on any atom is -0.352 e. The van der Waals surface area contributed by atoms with Crippen LogP contribution in [0, 0.1) is 0 Å². The predicted molar refractivity (Wildman–Crippen MR) is 128 cm³/mol. The third-order valence-electron chi connectivity index (χ3n) is 5.56. The highest BCUT2D eigenvalue weighted by Gasteiger charge is 2.22. The van der Waals surface area contributed by atoms with Gasteiger partial charge in [-0.2, -0.15) is 0 Å². The second-order valence-electron chi connectivity index (χ2n) is 8.24. The highest BCUT2D eigenvalue weighted by molar-refractivity contribution is 7.89. The molecule has 10 heteroatoms. The number of nitrogens with one attached hydrogen (secondary N) is 2. The molecule has 0 radical (unpaired) electrons. The summed E-state index contributed by atoms with van der Waals surface area (Å²) in [5.41, 5.74) is 1.38. The first-order chi connectivity index (χ1) is 15.6. The number of carbonyl (C=O) groups excluding carboxylic acids is 2. The minimum absolute atomic E-state index is 0.0231. The van der Waals surface area contributed by atoms with Gasteiger partial charge in [0.15, 0.2) is 0 Å². The number of amides is 2. The molecule has 1 fully saturated rings. The number of likely N-dealkylation sites (tertiary alicyclic amines) is 1. The molecule has 0 bridgehead atoms. The number of nitrogens with zero attached hydrogens (tertiary/aromatic N) is 2. The number of carbonyl (C=O) groups is 2. The Morgan fingerprint density at radius 1 is 1.09 bits per heavy atom. The maximum Gasteiger partial charge on any atom is 0.251 e.